The van der Waals surface area contributed by atoms with Crippen molar-refractivity contribution >= 4 is 43.7 Å². The van der Waals surface area contributed by atoms with E-state index >= 15 is 0 Å². The molecule has 4 aromatic heterocycles. The second-order valence-corrected chi connectivity index (χ2v) is 11.2. The van der Waals surface area contributed by atoms with Crippen molar-refractivity contribution in [3.8, 4) is 22.9 Å². The number of rotatable bonds is 11. The Morgan fingerprint density at radius 2 is 1.75 bits per heavy atom. The lowest BCUT2D eigenvalue weighted by atomic mass is 10.2. The van der Waals surface area contributed by atoms with Crippen LogP contribution in [0, 0.1) is 6.92 Å². The minimum Gasteiger partial charge on any atom is -0.491 e. The quantitative estimate of drug-likeness (QED) is 0.201. The molecule has 0 N–H and O–H groups in total. The van der Waals surface area contributed by atoms with E-state index in [0.29, 0.717) is 64.8 Å². The number of halogens is 1. The van der Waals surface area contributed by atoms with Gasteiger partial charge in [-0.15, -0.1) is 0 Å². The number of hydrogen-bond donors (Lipinski definition) is 0. The highest BCUT2D eigenvalue weighted by Crippen LogP contribution is 2.40. The van der Waals surface area contributed by atoms with E-state index < -0.39 is 10.0 Å². The first-order chi connectivity index (χ1) is 19.3. The molecular formula is C28H29ClN4O6S. The zero-order valence-electron chi connectivity index (χ0n) is 22.5. The molecule has 0 bridgehead atoms. The van der Waals surface area contributed by atoms with Crippen LogP contribution in [0.1, 0.15) is 5.56 Å². The van der Waals surface area contributed by atoms with Crippen LogP contribution in [0.3, 0.4) is 0 Å². The maximum absolute atomic E-state index is 14.1. The molecule has 0 radical (unpaired) electrons. The number of hydrogen-bond acceptors (Lipinski definition) is 8. The number of benzene rings is 1. The molecule has 0 aliphatic rings. The van der Waals surface area contributed by atoms with E-state index in [4.69, 9.17) is 35.5 Å². The van der Waals surface area contributed by atoms with Gasteiger partial charge in [-0.25, -0.2) is 22.4 Å². The molecule has 4 heterocycles. The van der Waals surface area contributed by atoms with Crippen molar-refractivity contribution in [2.75, 3.05) is 41.2 Å². The average Bonchev–Trinajstić information content (AvgIpc) is 3.51. The highest BCUT2D eigenvalue weighted by molar-refractivity contribution is 7.90. The lowest BCUT2D eigenvalue weighted by molar-refractivity contribution is 0.0670. The van der Waals surface area contributed by atoms with Gasteiger partial charge in [-0.3, -0.25) is 0 Å². The van der Waals surface area contributed by atoms with Crippen molar-refractivity contribution < 1.29 is 27.4 Å². The molecule has 0 atom stereocenters. The smallest absolute Gasteiger partial charge is 0.269 e. The fourth-order valence-electron chi connectivity index (χ4n) is 4.53. The lowest BCUT2D eigenvalue weighted by Gasteiger charge is -2.12. The third-order valence-electron chi connectivity index (χ3n) is 6.55. The molecule has 0 saturated carbocycles. The fraction of sp³-hybridized carbons (Fsp3) is 0.286. The van der Waals surface area contributed by atoms with Crippen LogP contribution in [0.15, 0.2) is 59.8 Å². The first-order valence-corrected chi connectivity index (χ1v) is 14.3. The predicted molar refractivity (Wildman–Crippen MR) is 153 cm³/mol. The Bertz CT molecular complexity index is 1780. The Morgan fingerprint density at radius 3 is 2.45 bits per heavy atom. The van der Waals surface area contributed by atoms with Crippen molar-refractivity contribution in [2.24, 2.45) is 0 Å². The normalized spacial score (nSPS) is 11.9. The maximum Gasteiger partial charge on any atom is 0.269 e. The molecule has 0 saturated heterocycles. The molecule has 0 aliphatic carbocycles. The summed E-state index contributed by atoms with van der Waals surface area (Å²) >= 11 is 6.54. The summed E-state index contributed by atoms with van der Waals surface area (Å²) in [7, 11) is 0.565. The summed E-state index contributed by atoms with van der Waals surface area (Å²) in [5, 5.41) is 0.880. The zero-order chi connectivity index (χ0) is 28.4. The molecule has 210 valence electrons. The van der Waals surface area contributed by atoms with Gasteiger partial charge in [0.25, 0.3) is 15.9 Å². The summed E-state index contributed by atoms with van der Waals surface area (Å²) in [6, 6.07) is 11.8. The molecule has 0 spiro atoms. The molecule has 5 aromatic rings. The second kappa shape index (κ2) is 11.5. The highest BCUT2D eigenvalue weighted by Gasteiger charge is 2.28. The van der Waals surface area contributed by atoms with Gasteiger partial charge < -0.3 is 23.5 Å². The monoisotopic (exact) mass is 584 g/mol. The van der Waals surface area contributed by atoms with Crippen LogP contribution in [0.5, 0.6) is 11.6 Å². The Morgan fingerprint density at radius 1 is 0.975 bits per heavy atom. The van der Waals surface area contributed by atoms with E-state index in [9.17, 15) is 8.42 Å². The van der Waals surface area contributed by atoms with Gasteiger partial charge in [0.2, 0.25) is 0 Å². The summed E-state index contributed by atoms with van der Waals surface area (Å²) in [4.78, 5) is 9.27. The van der Waals surface area contributed by atoms with Crippen molar-refractivity contribution in [1.82, 2.24) is 18.5 Å². The van der Waals surface area contributed by atoms with E-state index in [1.54, 1.807) is 43.5 Å². The molecule has 0 unspecified atom stereocenters. The second-order valence-electron chi connectivity index (χ2n) is 9.05. The average molecular weight is 585 g/mol. The van der Waals surface area contributed by atoms with E-state index in [1.165, 1.54) is 24.4 Å². The first-order valence-electron chi connectivity index (χ1n) is 12.5. The number of pyridine rings is 2. The molecule has 10 nitrogen and oxygen atoms in total. The largest absolute Gasteiger partial charge is 0.491 e. The van der Waals surface area contributed by atoms with Gasteiger partial charge in [-0.2, -0.15) is 0 Å². The van der Waals surface area contributed by atoms with Gasteiger partial charge in [0.15, 0.2) is 11.4 Å². The molecule has 40 heavy (non-hydrogen) atoms. The van der Waals surface area contributed by atoms with Crippen LogP contribution >= 0.6 is 11.6 Å². The number of nitrogens with zero attached hydrogens (tertiary/aromatic N) is 4. The van der Waals surface area contributed by atoms with E-state index in [1.807, 2.05) is 23.8 Å². The Hall–Kier alpha value is -3.64. The predicted octanol–water partition coefficient (Wildman–Crippen LogP) is 4.93. The summed E-state index contributed by atoms with van der Waals surface area (Å²) in [6.07, 6.45) is 3.34. The van der Waals surface area contributed by atoms with Crippen molar-refractivity contribution in [2.45, 2.75) is 18.4 Å². The molecule has 5 rings (SSSR count). The summed E-state index contributed by atoms with van der Waals surface area (Å²) in [6.45, 7) is 3.70. The fourth-order valence-corrected chi connectivity index (χ4v) is 6.20. The standard InChI is InChI=1S/C28H29ClN4O6S/c1-18-5-7-19(8-6-18)40(34,35)33-23(15-20-22(29)9-10-30-27(20)33)21-17-32(11-12-39-14-13-36-2)24-16-25(37-3)28(38-4)31-26(21)24/h5-10,15-17H,11-14H2,1-4H3. The molecule has 12 heteroatoms. The van der Waals surface area contributed by atoms with Gasteiger partial charge in [0, 0.05) is 43.1 Å². The molecule has 1 aromatic carbocycles. The third-order valence-corrected chi connectivity index (χ3v) is 8.60. The van der Waals surface area contributed by atoms with Gasteiger partial charge in [0.1, 0.15) is 5.52 Å². The van der Waals surface area contributed by atoms with E-state index in [-0.39, 0.29) is 16.4 Å². The topological polar surface area (TPSA) is 107 Å². The minimum atomic E-state index is -4.09. The molecule has 0 fully saturated rings. The van der Waals surface area contributed by atoms with Gasteiger partial charge >= 0.3 is 0 Å². The Balaban J connectivity index is 1.77. The third kappa shape index (κ3) is 5.01. The van der Waals surface area contributed by atoms with Crippen molar-refractivity contribution in [1.29, 1.82) is 0 Å². The zero-order valence-corrected chi connectivity index (χ0v) is 24.1. The summed E-state index contributed by atoms with van der Waals surface area (Å²) in [5.41, 5.74) is 3.31. The molecular weight excluding hydrogens is 556 g/mol. The number of aromatic nitrogens is 4. The Labute approximate surface area is 237 Å². The lowest BCUT2D eigenvalue weighted by Crippen LogP contribution is -2.14. The molecule has 0 amide bonds. The van der Waals surface area contributed by atoms with E-state index in [2.05, 4.69) is 4.98 Å². The van der Waals surface area contributed by atoms with E-state index in [0.717, 1.165) is 5.56 Å². The van der Waals surface area contributed by atoms with Crippen LogP contribution in [0.2, 0.25) is 5.02 Å². The number of ether oxygens (including phenoxy) is 4. The SMILES string of the molecule is COCCOCCn1cc(-c2cc3c(Cl)ccnc3n2S(=O)(=O)c2ccc(C)cc2)c2nc(OC)c(OC)cc21. The first kappa shape index (κ1) is 27.9. The van der Waals surface area contributed by atoms with Crippen LogP contribution in [0.4, 0.5) is 0 Å². The summed E-state index contributed by atoms with van der Waals surface area (Å²) < 4.78 is 53.2. The maximum atomic E-state index is 14.1. The van der Waals surface area contributed by atoms with Crippen LogP contribution in [-0.4, -0.2) is 68.1 Å². The number of aryl methyl sites for hydroxylation is 1. The number of fused-ring (bicyclic) bond motifs is 2. The van der Waals surface area contributed by atoms with Crippen molar-refractivity contribution in [3.63, 3.8) is 0 Å². The highest BCUT2D eigenvalue weighted by atomic mass is 35.5. The van der Waals surface area contributed by atoms with Gasteiger partial charge in [0.05, 0.1) is 55.2 Å². The number of methoxy groups -OCH3 is 3. The van der Waals surface area contributed by atoms with Crippen LogP contribution < -0.4 is 9.47 Å². The van der Waals surface area contributed by atoms with Gasteiger partial charge in [-0.05, 0) is 31.2 Å². The van der Waals surface area contributed by atoms with Crippen molar-refractivity contribution in [3.05, 3.63) is 65.4 Å². The van der Waals surface area contributed by atoms with Gasteiger partial charge in [-0.1, -0.05) is 29.3 Å². The minimum absolute atomic E-state index is 0.126. The van der Waals surface area contributed by atoms with Crippen LogP contribution in [0.25, 0.3) is 33.3 Å². The summed E-state index contributed by atoms with van der Waals surface area (Å²) in [5.74, 6) is 0.712. The van der Waals surface area contributed by atoms with Crippen LogP contribution in [-0.2, 0) is 26.0 Å². The Kier molecular flexibility index (Phi) is 7.99. The molecule has 0 aliphatic heterocycles.